The molecule has 4 aromatic rings. The summed E-state index contributed by atoms with van der Waals surface area (Å²) in [6.07, 6.45) is 1.88. The van der Waals surface area contributed by atoms with E-state index in [1.165, 1.54) is 39.5 Å². The zero-order chi connectivity index (χ0) is 33.2. The summed E-state index contributed by atoms with van der Waals surface area (Å²) in [5.74, 6) is -0.104. The fourth-order valence-electron chi connectivity index (χ4n) is 5.16. The van der Waals surface area contributed by atoms with Crippen LogP contribution in [-0.2, 0) is 12.8 Å². The second-order valence-electron chi connectivity index (χ2n) is 10.6. The quantitative estimate of drug-likeness (QED) is 0.0829. The van der Waals surface area contributed by atoms with E-state index in [4.69, 9.17) is 23.7 Å². The van der Waals surface area contributed by atoms with Crippen molar-refractivity contribution in [2.75, 3.05) is 27.9 Å². The number of ether oxygens (including phenoxy) is 5. The van der Waals surface area contributed by atoms with Crippen molar-refractivity contribution in [1.82, 2.24) is 0 Å². The average Bonchev–Trinajstić information content (AvgIpc) is 3.08. The summed E-state index contributed by atoms with van der Waals surface area (Å²) in [6, 6.07) is 20.2. The number of rotatable bonds is 15. The van der Waals surface area contributed by atoms with Crippen molar-refractivity contribution >= 4 is 11.8 Å². The van der Waals surface area contributed by atoms with Gasteiger partial charge in [0, 0.05) is 16.7 Å². The van der Waals surface area contributed by atoms with Gasteiger partial charge in [-0.1, -0.05) is 44.9 Å². The number of methoxy groups -OCH3 is 3. The minimum atomic E-state index is -1.35. The third-order valence-corrected chi connectivity index (χ3v) is 7.44. The van der Waals surface area contributed by atoms with Crippen LogP contribution < -0.4 is 23.7 Å². The molecule has 4 aromatic carbocycles. The van der Waals surface area contributed by atoms with Crippen LogP contribution >= 0.6 is 0 Å². The van der Waals surface area contributed by atoms with Crippen LogP contribution in [0.1, 0.15) is 58.5 Å². The first kappa shape index (κ1) is 33.9. The molecular formula is C37H40O9. The predicted octanol–water partition coefficient (Wildman–Crippen LogP) is 6.83. The van der Waals surface area contributed by atoms with Gasteiger partial charge < -0.3 is 33.9 Å². The molecule has 9 heteroatoms. The zero-order valence-electron chi connectivity index (χ0n) is 26.8. The Morgan fingerprint density at radius 3 is 1.89 bits per heavy atom. The molecule has 0 amide bonds. The Hall–Kier alpha value is -5.02. The van der Waals surface area contributed by atoms with E-state index in [-0.39, 0.29) is 28.6 Å². The number of aliphatic hydroxyl groups excluding tert-OH is 1. The minimum absolute atomic E-state index is 0.0832. The van der Waals surface area contributed by atoms with Gasteiger partial charge in [-0.3, -0.25) is 4.79 Å². The van der Waals surface area contributed by atoms with Crippen molar-refractivity contribution in [1.29, 1.82) is 0 Å². The summed E-state index contributed by atoms with van der Waals surface area (Å²) in [5, 5.41) is 21.7. The largest absolute Gasteiger partial charge is 0.504 e. The summed E-state index contributed by atoms with van der Waals surface area (Å²) in [7, 11) is 4.38. The lowest BCUT2D eigenvalue weighted by molar-refractivity contribution is 0.0653. The number of ketones is 1. The monoisotopic (exact) mass is 628 g/mol. The van der Waals surface area contributed by atoms with Crippen LogP contribution in [0.15, 0.2) is 72.8 Å². The number of phenolic OH excluding ortho intramolecular Hbond substituents is 1. The van der Waals surface area contributed by atoms with Crippen molar-refractivity contribution < 1.29 is 43.5 Å². The zero-order valence-corrected chi connectivity index (χ0v) is 26.8. The van der Waals surface area contributed by atoms with Crippen LogP contribution in [0.5, 0.6) is 34.5 Å². The van der Waals surface area contributed by atoms with Crippen LogP contribution in [0.4, 0.5) is 0 Å². The molecule has 242 valence electrons. The number of hydrogen-bond donors (Lipinski definition) is 2. The predicted molar refractivity (Wildman–Crippen MR) is 175 cm³/mol. The first-order valence-electron chi connectivity index (χ1n) is 15.2. The molecule has 0 aromatic heterocycles. The van der Waals surface area contributed by atoms with Crippen molar-refractivity contribution in [3.63, 3.8) is 0 Å². The highest BCUT2D eigenvalue weighted by atomic mass is 16.6. The topological polar surface area (TPSA) is 121 Å². The fraction of sp³-hybridized carbons (Fsp3) is 0.297. The lowest BCUT2D eigenvalue weighted by Crippen LogP contribution is -2.31. The molecule has 0 aliphatic rings. The summed E-state index contributed by atoms with van der Waals surface area (Å²) in [5.41, 5.74) is 3.35. The number of aryl methyl sites for hydroxylation is 2. The van der Waals surface area contributed by atoms with E-state index < -0.39 is 24.5 Å². The highest BCUT2D eigenvalue weighted by Crippen LogP contribution is 2.47. The van der Waals surface area contributed by atoms with E-state index in [0.29, 0.717) is 28.2 Å². The number of aliphatic hydroxyl groups is 1. The number of carbonyl (C=O) groups is 2. The first-order chi connectivity index (χ1) is 22.3. The van der Waals surface area contributed by atoms with Crippen LogP contribution in [-0.4, -0.2) is 56.0 Å². The highest BCUT2D eigenvalue weighted by molar-refractivity contribution is 6.01. The molecular weight excluding hydrogens is 588 g/mol. The molecule has 0 spiro atoms. The third kappa shape index (κ3) is 7.61. The molecule has 1 unspecified atom stereocenters. The number of phenols is 1. The van der Waals surface area contributed by atoms with E-state index in [1.807, 2.05) is 18.2 Å². The Bertz CT molecular complexity index is 1660. The molecule has 2 N–H and O–H groups in total. The van der Waals surface area contributed by atoms with E-state index in [2.05, 4.69) is 13.8 Å². The Morgan fingerprint density at radius 1 is 0.696 bits per heavy atom. The van der Waals surface area contributed by atoms with Gasteiger partial charge in [-0.15, -0.1) is 0 Å². The van der Waals surface area contributed by atoms with Crippen molar-refractivity contribution in [3.8, 4) is 45.6 Å². The van der Waals surface area contributed by atoms with Crippen LogP contribution in [0.3, 0.4) is 0 Å². The van der Waals surface area contributed by atoms with Crippen molar-refractivity contribution in [2.24, 2.45) is 0 Å². The summed E-state index contributed by atoms with van der Waals surface area (Å²) < 4.78 is 28.4. The second-order valence-corrected chi connectivity index (χ2v) is 10.6. The maximum Gasteiger partial charge on any atom is 0.343 e. The van der Waals surface area contributed by atoms with Gasteiger partial charge in [-0.05, 0) is 78.6 Å². The normalized spacial score (nSPS) is 11.4. The molecule has 0 aliphatic carbocycles. The van der Waals surface area contributed by atoms with Crippen molar-refractivity contribution in [3.05, 3.63) is 95.1 Å². The number of aromatic hydroxyl groups is 1. The van der Waals surface area contributed by atoms with Gasteiger partial charge in [0.25, 0.3) is 0 Å². The van der Waals surface area contributed by atoms with Crippen LogP contribution in [0, 0.1) is 0 Å². The molecule has 9 nitrogen and oxygen atoms in total. The Balaban J connectivity index is 1.74. The number of hydrogen-bond acceptors (Lipinski definition) is 9. The number of Topliss-reactive ketones (excluding diaryl/α,β-unsaturated/α-hetero) is 1. The third-order valence-electron chi connectivity index (χ3n) is 7.44. The molecule has 0 fully saturated rings. The van der Waals surface area contributed by atoms with Crippen molar-refractivity contribution in [2.45, 2.75) is 45.6 Å². The van der Waals surface area contributed by atoms with Gasteiger partial charge in [-0.25, -0.2) is 4.79 Å². The summed E-state index contributed by atoms with van der Waals surface area (Å²) >= 11 is 0. The lowest BCUT2D eigenvalue weighted by Gasteiger charge is -2.23. The van der Waals surface area contributed by atoms with Gasteiger partial charge in [0.1, 0.15) is 0 Å². The Kier molecular flexibility index (Phi) is 11.6. The SMILES string of the molecule is CCCc1cc(OC)c(O)c(-c2cc(CCC)cc(OC)c2OC(CO)C(=O)c2ccc(OC(=O)c3ccccc3)c(OC)c2)c1. The fourth-order valence-corrected chi connectivity index (χ4v) is 5.16. The molecule has 0 radical (unpaired) electrons. The molecule has 46 heavy (non-hydrogen) atoms. The molecule has 0 saturated heterocycles. The average molecular weight is 629 g/mol. The Labute approximate surface area is 269 Å². The Morgan fingerprint density at radius 2 is 1.30 bits per heavy atom. The number of benzene rings is 4. The van der Waals surface area contributed by atoms with Gasteiger partial charge >= 0.3 is 5.97 Å². The number of esters is 1. The summed E-state index contributed by atoms with van der Waals surface area (Å²) in [4.78, 5) is 26.4. The first-order valence-corrected chi connectivity index (χ1v) is 15.2. The summed E-state index contributed by atoms with van der Waals surface area (Å²) in [6.45, 7) is 3.46. The molecule has 0 aliphatic heterocycles. The molecule has 0 heterocycles. The van der Waals surface area contributed by atoms with Crippen LogP contribution in [0.25, 0.3) is 11.1 Å². The molecule has 4 rings (SSSR count). The highest BCUT2D eigenvalue weighted by Gasteiger charge is 2.28. The van der Waals surface area contributed by atoms with Gasteiger partial charge in [-0.2, -0.15) is 0 Å². The standard InChI is InChI=1S/C37H40O9/c1-6-11-23-17-27(35(40)31(19-23)43-4)28-18-24(12-7-2)20-32(44-5)36(28)45-33(22-38)34(39)26-15-16-29(30(21-26)42-3)46-37(41)25-13-9-8-10-14-25/h8-10,13-21,33,38,40H,6-7,11-12,22H2,1-5H3. The maximum absolute atomic E-state index is 13.8. The van der Waals surface area contributed by atoms with Gasteiger partial charge in [0.05, 0.1) is 33.5 Å². The molecule has 0 bridgehead atoms. The van der Waals surface area contributed by atoms with E-state index >= 15 is 0 Å². The molecule has 1 atom stereocenters. The van der Waals surface area contributed by atoms with E-state index in [9.17, 15) is 19.8 Å². The smallest absolute Gasteiger partial charge is 0.343 e. The van der Waals surface area contributed by atoms with E-state index in [1.54, 1.807) is 36.4 Å². The van der Waals surface area contributed by atoms with Gasteiger partial charge in [0.2, 0.25) is 5.78 Å². The maximum atomic E-state index is 13.8. The van der Waals surface area contributed by atoms with Gasteiger partial charge in [0.15, 0.2) is 40.6 Å². The minimum Gasteiger partial charge on any atom is -0.504 e. The number of carbonyl (C=O) groups excluding carboxylic acids is 2. The molecule has 0 saturated carbocycles. The van der Waals surface area contributed by atoms with Crippen LogP contribution in [0.2, 0.25) is 0 Å². The lowest BCUT2D eigenvalue weighted by atomic mass is 9.95. The van der Waals surface area contributed by atoms with E-state index in [0.717, 1.165) is 36.8 Å². The second kappa shape index (κ2) is 15.8.